The molecule has 4 heteroatoms. The minimum atomic E-state index is 0.714. The number of rotatable bonds is 8. The Hall–Kier alpha value is -1.41. The number of nitrogens with zero attached hydrogens (tertiary/aromatic N) is 2. The summed E-state index contributed by atoms with van der Waals surface area (Å²) in [4.78, 5) is 2.22. The smallest absolute Gasteiger partial charge is 0.0991 e. The summed E-state index contributed by atoms with van der Waals surface area (Å²) in [6.45, 7) is 4.43. The second kappa shape index (κ2) is 8.65. The number of hydrogen-bond donors (Lipinski definition) is 1. The highest BCUT2D eigenvalue weighted by Gasteiger charge is 1.98. The molecule has 0 spiro atoms. The highest BCUT2D eigenvalue weighted by molar-refractivity contribution is 5.32. The molecule has 0 amide bonds. The zero-order valence-electron chi connectivity index (χ0n) is 11.1. The van der Waals surface area contributed by atoms with E-state index in [1.54, 1.807) is 7.11 Å². The van der Waals surface area contributed by atoms with Gasteiger partial charge in [0, 0.05) is 33.3 Å². The summed E-state index contributed by atoms with van der Waals surface area (Å²) in [5.74, 6) is 0. The van der Waals surface area contributed by atoms with Crippen molar-refractivity contribution in [1.29, 1.82) is 5.26 Å². The van der Waals surface area contributed by atoms with Gasteiger partial charge in [-0.2, -0.15) is 5.26 Å². The summed E-state index contributed by atoms with van der Waals surface area (Å²) in [5, 5.41) is 12.2. The molecule has 18 heavy (non-hydrogen) atoms. The topological polar surface area (TPSA) is 48.3 Å². The van der Waals surface area contributed by atoms with Crippen LogP contribution in [-0.2, 0) is 11.3 Å². The Morgan fingerprint density at radius 2 is 2.22 bits per heavy atom. The largest absolute Gasteiger partial charge is 0.383 e. The Balaban J connectivity index is 2.19. The van der Waals surface area contributed by atoms with Gasteiger partial charge in [0.15, 0.2) is 0 Å². The van der Waals surface area contributed by atoms with Gasteiger partial charge in [0.25, 0.3) is 0 Å². The monoisotopic (exact) mass is 247 g/mol. The van der Waals surface area contributed by atoms with E-state index in [0.717, 1.165) is 38.3 Å². The molecule has 0 radical (unpaired) electrons. The molecule has 0 saturated heterocycles. The predicted octanol–water partition coefficient (Wildman–Crippen LogP) is 1.23. The highest BCUT2D eigenvalue weighted by atomic mass is 16.5. The molecule has 0 heterocycles. The van der Waals surface area contributed by atoms with Crippen LogP contribution in [-0.4, -0.2) is 45.3 Å². The van der Waals surface area contributed by atoms with Crippen molar-refractivity contribution in [3.8, 4) is 6.07 Å². The van der Waals surface area contributed by atoms with Crippen molar-refractivity contribution < 1.29 is 4.74 Å². The lowest BCUT2D eigenvalue weighted by Crippen LogP contribution is -2.31. The van der Waals surface area contributed by atoms with Crippen LogP contribution in [0.3, 0.4) is 0 Å². The first-order chi connectivity index (χ1) is 8.76. The summed E-state index contributed by atoms with van der Waals surface area (Å²) < 4.78 is 5.02. The number of nitriles is 1. The van der Waals surface area contributed by atoms with Crippen LogP contribution < -0.4 is 5.32 Å². The maximum Gasteiger partial charge on any atom is 0.0991 e. The van der Waals surface area contributed by atoms with E-state index in [-0.39, 0.29) is 0 Å². The minimum absolute atomic E-state index is 0.714. The van der Waals surface area contributed by atoms with Gasteiger partial charge in [-0.3, -0.25) is 0 Å². The third kappa shape index (κ3) is 5.78. The molecule has 1 aromatic carbocycles. The number of nitrogens with one attached hydrogen (secondary N) is 1. The van der Waals surface area contributed by atoms with Gasteiger partial charge in [-0.25, -0.2) is 0 Å². The molecule has 1 N–H and O–H groups in total. The van der Waals surface area contributed by atoms with Crippen molar-refractivity contribution in [1.82, 2.24) is 10.2 Å². The van der Waals surface area contributed by atoms with Gasteiger partial charge in [0.05, 0.1) is 18.2 Å². The van der Waals surface area contributed by atoms with Gasteiger partial charge in [-0.15, -0.1) is 0 Å². The van der Waals surface area contributed by atoms with E-state index in [1.165, 1.54) is 0 Å². The van der Waals surface area contributed by atoms with E-state index in [9.17, 15) is 0 Å². The van der Waals surface area contributed by atoms with Gasteiger partial charge in [-0.05, 0) is 24.7 Å². The Morgan fingerprint density at radius 3 is 2.94 bits per heavy atom. The van der Waals surface area contributed by atoms with Crippen molar-refractivity contribution in [2.24, 2.45) is 0 Å². The molecule has 1 rings (SSSR count). The Labute approximate surface area is 109 Å². The standard InChI is InChI=1S/C14H21N3O/c1-17(8-9-18-2)7-6-16-12-14-5-3-4-13(10-14)11-15/h3-5,10,16H,6-9,12H2,1-2H3. The second-order valence-corrected chi connectivity index (χ2v) is 4.29. The van der Waals surface area contributed by atoms with E-state index in [2.05, 4.69) is 23.3 Å². The zero-order chi connectivity index (χ0) is 13.2. The molecule has 0 fully saturated rings. The fourth-order valence-corrected chi connectivity index (χ4v) is 1.61. The van der Waals surface area contributed by atoms with Crippen molar-refractivity contribution in [2.45, 2.75) is 6.54 Å². The van der Waals surface area contributed by atoms with Crippen LogP contribution in [0.1, 0.15) is 11.1 Å². The van der Waals surface area contributed by atoms with Crippen LogP contribution in [0, 0.1) is 11.3 Å². The molecule has 0 aliphatic heterocycles. The number of benzene rings is 1. The fraction of sp³-hybridized carbons (Fsp3) is 0.500. The quantitative estimate of drug-likeness (QED) is 0.702. The van der Waals surface area contributed by atoms with E-state index < -0.39 is 0 Å². The lowest BCUT2D eigenvalue weighted by molar-refractivity contribution is 0.161. The molecule has 0 aliphatic rings. The molecule has 0 saturated carbocycles. The van der Waals surface area contributed by atoms with Crippen LogP contribution in [0.2, 0.25) is 0 Å². The molecule has 0 aliphatic carbocycles. The molecule has 1 aromatic rings. The lowest BCUT2D eigenvalue weighted by atomic mass is 10.1. The molecule has 0 unspecified atom stereocenters. The second-order valence-electron chi connectivity index (χ2n) is 4.29. The van der Waals surface area contributed by atoms with E-state index in [4.69, 9.17) is 10.00 Å². The minimum Gasteiger partial charge on any atom is -0.383 e. The van der Waals surface area contributed by atoms with Crippen LogP contribution in [0.5, 0.6) is 0 Å². The van der Waals surface area contributed by atoms with Crippen molar-refractivity contribution in [3.63, 3.8) is 0 Å². The van der Waals surface area contributed by atoms with Gasteiger partial charge >= 0.3 is 0 Å². The van der Waals surface area contributed by atoms with Crippen molar-refractivity contribution >= 4 is 0 Å². The fourth-order valence-electron chi connectivity index (χ4n) is 1.61. The molecule has 0 aromatic heterocycles. The highest BCUT2D eigenvalue weighted by Crippen LogP contribution is 2.03. The van der Waals surface area contributed by atoms with Gasteiger partial charge < -0.3 is 15.0 Å². The first kappa shape index (κ1) is 14.7. The number of ether oxygens (including phenoxy) is 1. The van der Waals surface area contributed by atoms with Crippen LogP contribution in [0.25, 0.3) is 0 Å². The third-order valence-electron chi connectivity index (χ3n) is 2.73. The number of likely N-dealkylation sites (N-methyl/N-ethyl adjacent to an activating group) is 1. The molecule has 0 bridgehead atoms. The Kier molecular flexibility index (Phi) is 7.04. The zero-order valence-corrected chi connectivity index (χ0v) is 11.1. The van der Waals surface area contributed by atoms with E-state index in [1.807, 2.05) is 24.3 Å². The summed E-state index contributed by atoms with van der Waals surface area (Å²) in [5.41, 5.74) is 1.86. The molecule has 98 valence electrons. The Bertz CT molecular complexity index is 387. The maximum atomic E-state index is 8.80. The molecular weight excluding hydrogens is 226 g/mol. The summed E-state index contributed by atoms with van der Waals surface area (Å²) in [6.07, 6.45) is 0. The number of methoxy groups -OCH3 is 1. The molecular formula is C14H21N3O. The average molecular weight is 247 g/mol. The maximum absolute atomic E-state index is 8.80. The normalized spacial score (nSPS) is 10.6. The van der Waals surface area contributed by atoms with Crippen LogP contribution in [0.15, 0.2) is 24.3 Å². The third-order valence-corrected chi connectivity index (χ3v) is 2.73. The van der Waals surface area contributed by atoms with Gasteiger partial charge in [0.2, 0.25) is 0 Å². The average Bonchev–Trinajstić information content (AvgIpc) is 2.41. The van der Waals surface area contributed by atoms with Crippen molar-refractivity contribution in [2.75, 3.05) is 40.4 Å². The summed E-state index contributed by atoms with van der Waals surface area (Å²) in [7, 11) is 3.80. The molecule has 0 atom stereocenters. The molecule has 4 nitrogen and oxygen atoms in total. The first-order valence-corrected chi connectivity index (χ1v) is 6.13. The summed E-state index contributed by atoms with van der Waals surface area (Å²) >= 11 is 0. The van der Waals surface area contributed by atoms with E-state index >= 15 is 0 Å². The first-order valence-electron chi connectivity index (χ1n) is 6.13. The van der Waals surface area contributed by atoms with Gasteiger partial charge in [0.1, 0.15) is 0 Å². The summed E-state index contributed by atoms with van der Waals surface area (Å²) in [6, 6.07) is 9.84. The Morgan fingerprint density at radius 1 is 1.39 bits per heavy atom. The van der Waals surface area contributed by atoms with Crippen LogP contribution in [0.4, 0.5) is 0 Å². The number of hydrogen-bond acceptors (Lipinski definition) is 4. The van der Waals surface area contributed by atoms with E-state index in [0.29, 0.717) is 5.56 Å². The van der Waals surface area contributed by atoms with Crippen molar-refractivity contribution in [3.05, 3.63) is 35.4 Å². The lowest BCUT2D eigenvalue weighted by Gasteiger charge is -2.16. The van der Waals surface area contributed by atoms with Gasteiger partial charge in [-0.1, -0.05) is 12.1 Å². The predicted molar refractivity (Wildman–Crippen MR) is 72.2 cm³/mol. The van der Waals surface area contributed by atoms with Crippen LogP contribution >= 0.6 is 0 Å². The SMILES string of the molecule is COCCN(C)CCNCc1cccc(C#N)c1.